The van der Waals surface area contributed by atoms with Gasteiger partial charge in [0.2, 0.25) is 0 Å². The summed E-state index contributed by atoms with van der Waals surface area (Å²) in [4.78, 5) is 15.8. The average molecular weight is 317 g/mol. The summed E-state index contributed by atoms with van der Waals surface area (Å²) in [6.45, 7) is 0. The SMILES string of the molecule is CSC1(c2ccc(O)cc2)Sc2ccccc2N(C)C1=O. The summed E-state index contributed by atoms with van der Waals surface area (Å²) in [6, 6.07) is 14.8. The predicted octanol–water partition coefficient (Wildman–Crippen LogP) is 3.68. The zero-order chi connectivity index (χ0) is 15.0. The van der Waals surface area contributed by atoms with Crippen LogP contribution < -0.4 is 4.90 Å². The monoisotopic (exact) mass is 317 g/mol. The largest absolute Gasteiger partial charge is 0.508 e. The molecule has 2 aromatic carbocycles. The normalized spacial score (nSPS) is 21.2. The first-order valence-corrected chi connectivity index (χ1v) is 8.53. The lowest BCUT2D eigenvalue weighted by atomic mass is 10.1. The number of aromatic hydroxyl groups is 1. The summed E-state index contributed by atoms with van der Waals surface area (Å²) < 4.78 is -0.712. The molecule has 0 saturated carbocycles. The Labute approximate surface area is 132 Å². The number of fused-ring (bicyclic) bond motifs is 1. The molecule has 1 heterocycles. The number of rotatable bonds is 2. The fourth-order valence-electron chi connectivity index (χ4n) is 2.46. The van der Waals surface area contributed by atoms with Gasteiger partial charge >= 0.3 is 0 Å². The highest BCUT2D eigenvalue weighted by molar-refractivity contribution is 8.18. The quantitative estimate of drug-likeness (QED) is 0.917. The molecule has 108 valence electrons. The van der Waals surface area contributed by atoms with E-state index in [9.17, 15) is 9.90 Å². The first kappa shape index (κ1) is 14.4. The maximum absolute atomic E-state index is 12.9. The van der Waals surface area contributed by atoms with Crippen LogP contribution in [0.4, 0.5) is 5.69 Å². The summed E-state index contributed by atoms with van der Waals surface area (Å²) in [7, 11) is 1.81. The zero-order valence-corrected chi connectivity index (χ0v) is 13.4. The Morgan fingerprint density at radius 3 is 2.48 bits per heavy atom. The van der Waals surface area contributed by atoms with Crippen LogP contribution in [0.2, 0.25) is 0 Å². The summed E-state index contributed by atoms with van der Waals surface area (Å²) >= 11 is 3.08. The molecule has 0 aliphatic carbocycles. The van der Waals surface area contributed by atoms with Crippen LogP contribution in [0.3, 0.4) is 0 Å². The average Bonchev–Trinajstić information content (AvgIpc) is 2.52. The van der Waals surface area contributed by atoms with Gasteiger partial charge < -0.3 is 10.0 Å². The number of para-hydroxylation sites is 1. The first-order chi connectivity index (χ1) is 10.1. The lowest BCUT2D eigenvalue weighted by molar-refractivity contribution is -0.118. The molecule has 0 saturated heterocycles. The molecular formula is C16H15NO2S2. The molecule has 0 fully saturated rings. The van der Waals surface area contributed by atoms with E-state index in [-0.39, 0.29) is 11.7 Å². The van der Waals surface area contributed by atoms with Crippen LogP contribution in [0.15, 0.2) is 53.4 Å². The lowest BCUT2D eigenvalue weighted by Crippen LogP contribution is -2.44. The molecule has 1 unspecified atom stereocenters. The van der Waals surface area contributed by atoms with Crippen molar-refractivity contribution >= 4 is 35.1 Å². The molecule has 0 bridgehead atoms. The second-order valence-electron chi connectivity index (χ2n) is 4.80. The van der Waals surface area contributed by atoms with Crippen LogP contribution in [-0.2, 0) is 8.87 Å². The van der Waals surface area contributed by atoms with Gasteiger partial charge in [0.1, 0.15) is 5.75 Å². The molecule has 5 heteroatoms. The molecule has 1 N–H and O–H groups in total. The molecule has 2 aromatic rings. The van der Waals surface area contributed by atoms with Gasteiger partial charge in [-0.15, -0.1) is 11.8 Å². The molecule has 1 aliphatic rings. The number of hydrogen-bond acceptors (Lipinski definition) is 4. The van der Waals surface area contributed by atoms with Crippen molar-refractivity contribution in [3.8, 4) is 5.75 Å². The third-order valence-electron chi connectivity index (χ3n) is 3.60. The Kier molecular flexibility index (Phi) is 3.63. The summed E-state index contributed by atoms with van der Waals surface area (Å²) in [5.74, 6) is 0.251. The molecule has 21 heavy (non-hydrogen) atoms. The van der Waals surface area contributed by atoms with Crippen LogP contribution in [0, 0.1) is 0 Å². The number of phenolic OH excluding ortho intramolecular Hbond substituents is 1. The van der Waals surface area contributed by atoms with Crippen molar-refractivity contribution in [2.45, 2.75) is 8.97 Å². The van der Waals surface area contributed by atoms with E-state index in [2.05, 4.69) is 0 Å². The number of phenols is 1. The van der Waals surface area contributed by atoms with Crippen LogP contribution in [-0.4, -0.2) is 24.3 Å². The van der Waals surface area contributed by atoms with E-state index < -0.39 is 4.08 Å². The highest BCUT2D eigenvalue weighted by Crippen LogP contribution is 2.55. The van der Waals surface area contributed by atoms with Gasteiger partial charge in [-0.2, -0.15) is 0 Å². The standard InChI is InChI=1S/C16H15NO2S2/c1-17-13-5-3-4-6-14(13)21-16(20-2,15(17)19)11-7-9-12(18)10-8-11/h3-10,18H,1-2H3. The lowest BCUT2D eigenvalue weighted by Gasteiger charge is -2.39. The fraction of sp³-hybridized carbons (Fsp3) is 0.188. The van der Waals surface area contributed by atoms with E-state index in [1.54, 1.807) is 28.8 Å². The highest BCUT2D eigenvalue weighted by atomic mass is 32.2. The van der Waals surface area contributed by atoms with Crippen molar-refractivity contribution in [3.63, 3.8) is 0 Å². The molecule has 1 atom stereocenters. The zero-order valence-electron chi connectivity index (χ0n) is 11.7. The van der Waals surface area contributed by atoms with E-state index in [0.717, 1.165) is 16.1 Å². The number of hydrogen-bond donors (Lipinski definition) is 1. The number of carbonyl (C=O) groups is 1. The van der Waals surface area contributed by atoms with E-state index >= 15 is 0 Å². The van der Waals surface area contributed by atoms with Crippen molar-refractivity contribution in [1.29, 1.82) is 0 Å². The Bertz CT molecular complexity index is 687. The maximum atomic E-state index is 12.9. The van der Waals surface area contributed by atoms with Crippen molar-refractivity contribution in [3.05, 3.63) is 54.1 Å². The van der Waals surface area contributed by atoms with Gasteiger partial charge in [0.05, 0.1) is 5.69 Å². The molecule has 0 radical (unpaired) electrons. The Balaban J connectivity index is 2.15. The fourth-order valence-corrected chi connectivity index (χ4v) is 4.99. The number of anilines is 1. The topological polar surface area (TPSA) is 40.5 Å². The summed E-state index contributed by atoms with van der Waals surface area (Å²) in [5.41, 5.74) is 1.83. The van der Waals surface area contributed by atoms with Gasteiger partial charge in [0, 0.05) is 11.9 Å². The van der Waals surface area contributed by atoms with Gasteiger partial charge in [-0.05, 0) is 36.1 Å². The molecule has 3 rings (SSSR count). The van der Waals surface area contributed by atoms with Crippen molar-refractivity contribution in [2.24, 2.45) is 0 Å². The number of likely N-dealkylation sites (N-methyl/N-ethyl adjacent to an activating group) is 1. The minimum absolute atomic E-state index is 0.0457. The van der Waals surface area contributed by atoms with E-state index in [4.69, 9.17) is 0 Å². The van der Waals surface area contributed by atoms with Crippen molar-refractivity contribution < 1.29 is 9.90 Å². The van der Waals surface area contributed by atoms with Gasteiger partial charge in [-0.1, -0.05) is 36.0 Å². The van der Waals surface area contributed by atoms with Crippen molar-refractivity contribution in [2.75, 3.05) is 18.2 Å². The van der Waals surface area contributed by atoms with Crippen LogP contribution >= 0.6 is 23.5 Å². The number of nitrogens with zero attached hydrogens (tertiary/aromatic N) is 1. The molecule has 3 nitrogen and oxygen atoms in total. The predicted molar refractivity (Wildman–Crippen MR) is 89.0 cm³/mol. The van der Waals surface area contributed by atoms with E-state index in [0.29, 0.717) is 0 Å². The van der Waals surface area contributed by atoms with Gasteiger partial charge in [-0.25, -0.2) is 0 Å². The third-order valence-corrected chi connectivity index (χ3v) is 6.60. The maximum Gasteiger partial charge on any atom is 0.258 e. The molecule has 1 amide bonds. The molecule has 0 aromatic heterocycles. The number of carbonyl (C=O) groups excluding carboxylic acids is 1. The Morgan fingerprint density at radius 1 is 1.14 bits per heavy atom. The van der Waals surface area contributed by atoms with Gasteiger partial charge in [-0.3, -0.25) is 4.79 Å². The van der Waals surface area contributed by atoms with Crippen LogP contribution in [0.5, 0.6) is 5.75 Å². The first-order valence-electron chi connectivity index (χ1n) is 6.49. The van der Waals surface area contributed by atoms with E-state index in [1.165, 1.54) is 11.8 Å². The Hall–Kier alpha value is -1.59. The number of amides is 1. The van der Waals surface area contributed by atoms with Gasteiger partial charge in [0.25, 0.3) is 5.91 Å². The summed E-state index contributed by atoms with van der Waals surface area (Å²) in [5, 5.41) is 9.48. The number of thioether (sulfide) groups is 2. The minimum atomic E-state index is -0.712. The van der Waals surface area contributed by atoms with Crippen molar-refractivity contribution in [1.82, 2.24) is 0 Å². The summed E-state index contributed by atoms with van der Waals surface area (Å²) in [6.07, 6.45) is 1.94. The number of benzene rings is 2. The molecule has 0 spiro atoms. The van der Waals surface area contributed by atoms with Crippen LogP contribution in [0.25, 0.3) is 0 Å². The van der Waals surface area contributed by atoms with E-state index in [1.807, 2.05) is 49.7 Å². The van der Waals surface area contributed by atoms with Crippen LogP contribution in [0.1, 0.15) is 5.56 Å². The molecular weight excluding hydrogens is 302 g/mol. The third kappa shape index (κ3) is 2.21. The smallest absolute Gasteiger partial charge is 0.258 e. The second kappa shape index (κ2) is 5.31. The minimum Gasteiger partial charge on any atom is -0.508 e. The van der Waals surface area contributed by atoms with Gasteiger partial charge in [0.15, 0.2) is 4.08 Å². The Morgan fingerprint density at radius 2 is 1.81 bits per heavy atom. The second-order valence-corrected chi connectivity index (χ2v) is 7.34. The highest BCUT2D eigenvalue weighted by Gasteiger charge is 2.47. The molecule has 1 aliphatic heterocycles.